The molecule has 0 bridgehead atoms. The molecule has 0 spiro atoms. The van der Waals surface area contributed by atoms with Crippen molar-refractivity contribution < 1.29 is 0 Å². The van der Waals surface area contributed by atoms with E-state index in [0.29, 0.717) is 0 Å². The molecule has 248 valence electrons. The highest BCUT2D eigenvalue weighted by Gasteiger charge is 2.23. The molecule has 1 nitrogen and oxygen atoms in total. The summed E-state index contributed by atoms with van der Waals surface area (Å²) in [5.74, 6) is 0. The number of anilines is 3. The zero-order chi connectivity index (χ0) is 34.9. The van der Waals surface area contributed by atoms with Crippen LogP contribution in [0.25, 0.3) is 84.1 Å². The molecular weight excluding hydrogens is 679 g/mol. The number of rotatable bonds is 5. The van der Waals surface area contributed by atoms with Gasteiger partial charge in [-0.05, 0) is 86.9 Å². The lowest BCUT2D eigenvalue weighted by molar-refractivity contribution is 1.32. The highest BCUT2D eigenvalue weighted by atomic mass is 32.1. The average Bonchev–Trinajstić information content (AvgIpc) is 3.80. The molecule has 0 aliphatic heterocycles. The smallest absolute Gasteiger partial charge is 0.0640 e. The minimum Gasteiger partial charge on any atom is -0.308 e. The molecule has 53 heavy (non-hydrogen) atoms. The van der Waals surface area contributed by atoms with Gasteiger partial charge in [0.05, 0.1) is 16.1 Å². The standard InChI is InChI=1S/C50H31NS2/c1-2-14-32(15-3-1)34-28-35(38-22-13-27-48-49(38)43-21-9-11-26-47(43)52-48)30-36(29-34)51(44-24-12-23-42-41-20-8-10-25-46(41)53-50(42)44)45-31-33-16-4-5-17-37(33)39-18-6-7-19-40(39)45/h1-31H. The highest BCUT2D eigenvalue weighted by Crippen LogP contribution is 2.49. The van der Waals surface area contributed by atoms with Crippen molar-refractivity contribution in [3.63, 3.8) is 0 Å². The third kappa shape index (κ3) is 4.89. The number of fused-ring (bicyclic) bond motifs is 9. The van der Waals surface area contributed by atoms with Crippen molar-refractivity contribution in [2.75, 3.05) is 4.90 Å². The molecule has 0 saturated carbocycles. The van der Waals surface area contributed by atoms with E-state index in [9.17, 15) is 0 Å². The molecule has 2 heterocycles. The molecule has 0 saturated heterocycles. The topological polar surface area (TPSA) is 3.24 Å². The van der Waals surface area contributed by atoms with Gasteiger partial charge in [0, 0.05) is 46.7 Å². The first-order chi connectivity index (χ1) is 26.3. The second kappa shape index (κ2) is 12.2. The Morgan fingerprint density at radius 2 is 0.962 bits per heavy atom. The molecule has 11 rings (SSSR count). The van der Waals surface area contributed by atoms with Gasteiger partial charge in [-0.1, -0.05) is 140 Å². The van der Waals surface area contributed by atoms with Crippen LogP contribution in [0.1, 0.15) is 0 Å². The maximum Gasteiger partial charge on any atom is 0.0640 e. The van der Waals surface area contributed by atoms with Crippen molar-refractivity contribution in [2.45, 2.75) is 0 Å². The molecule has 9 aromatic carbocycles. The fourth-order valence-corrected chi connectivity index (χ4v) is 10.6. The van der Waals surface area contributed by atoms with Gasteiger partial charge in [-0.2, -0.15) is 0 Å². The van der Waals surface area contributed by atoms with Crippen molar-refractivity contribution in [3.05, 3.63) is 188 Å². The van der Waals surface area contributed by atoms with E-state index in [1.54, 1.807) is 0 Å². The molecule has 0 unspecified atom stereocenters. The van der Waals surface area contributed by atoms with Gasteiger partial charge < -0.3 is 4.90 Å². The predicted octanol–water partition coefficient (Wildman–Crippen LogP) is 15.5. The van der Waals surface area contributed by atoms with Crippen LogP contribution >= 0.6 is 22.7 Å². The molecule has 0 N–H and O–H groups in total. The summed E-state index contributed by atoms with van der Waals surface area (Å²) in [5, 5.41) is 10.2. The van der Waals surface area contributed by atoms with Crippen LogP contribution in [-0.4, -0.2) is 0 Å². The van der Waals surface area contributed by atoms with Crippen LogP contribution in [0.15, 0.2) is 188 Å². The van der Waals surface area contributed by atoms with Crippen molar-refractivity contribution >= 4 is 102 Å². The van der Waals surface area contributed by atoms with Crippen LogP contribution in [-0.2, 0) is 0 Å². The number of thiophene rings is 2. The third-order valence-electron chi connectivity index (χ3n) is 10.6. The number of nitrogens with zero attached hydrogens (tertiary/aromatic N) is 1. The van der Waals surface area contributed by atoms with E-state index >= 15 is 0 Å². The zero-order valence-corrected chi connectivity index (χ0v) is 30.3. The maximum absolute atomic E-state index is 2.54. The fourth-order valence-electron chi connectivity index (χ4n) is 8.24. The molecule has 0 fully saturated rings. The first-order valence-corrected chi connectivity index (χ1v) is 19.6. The largest absolute Gasteiger partial charge is 0.308 e. The van der Waals surface area contributed by atoms with Gasteiger partial charge in [0.25, 0.3) is 0 Å². The molecule has 0 radical (unpaired) electrons. The molecule has 0 amide bonds. The van der Waals surface area contributed by atoms with E-state index in [-0.39, 0.29) is 0 Å². The summed E-state index contributed by atoms with van der Waals surface area (Å²) >= 11 is 3.75. The highest BCUT2D eigenvalue weighted by molar-refractivity contribution is 7.26. The van der Waals surface area contributed by atoms with Gasteiger partial charge in [0.1, 0.15) is 0 Å². The summed E-state index contributed by atoms with van der Waals surface area (Å²) in [5.41, 5.74) is 8.31. The SMILES string of the molecule is c1ccc(-c2cc(-c3cccc4sc5ccccc5c34)cc(N(c3cc4ccccc4c4ccccc34)c3cccc4c3sc3ccccc34)c2)cc1. The Kier molecular flexibility index (Phi) is 6.97. The van der Waals surface area contributed by atoms with Crippen molar-refractivity contribution in [1.82, 2.24) is 0 Å². The lowest BCUT2D eigenvalue weighted by Crippen LogP contribution is -2.11. The van der Waals surface area contributed by atoms with Gasteiger partial charge >= 0.3 is 0 Å². The molecule has 0 aliphatic carbocycles. The van der Waals surface area contributed by atoms with Crippen LogP contribution in [0.3, 0.4) is 0 Å². The van der Waals surface area contributed by atoms with Crippen molar-refractivity contribution in [1.29, 1.82) is 0 Å². The summed E-state index contributed by atoms with van der Waals surface area (Å²) in [6.45, 7) is 0. The van der Waals surface area contributed by atoms with Gasteiger partial charge in [0.2, 0.25) is 0 Å². The molecule has 3 heteroatoms. The van der Waals surface area contributed by atoms with Gasteiger partial charge in [-0.3, -0.25) is 0 Å². The first kappa shape index (κ1) is 30.4. The lowest BCUT2D eigenvalue weighted by Gasteiger charge is -2.29. The lowest BCUT2D eigenvalue weighted by atomic mass is 9.94. The molecule has 2 aromatic heterocycles. The fraction of sp³-hybridized carbons (Fsp3) is 0. The second-order valence-electron chi connectivity index (χ2n) is 13.7. The summed E-state index contributed by atoms with van der Waals surface area (Å²) in [6.07, 6.45) is 0. The summed E-state index contributed by atoms with van der Waals surface area (Å²) in [6, 6.07) is 69.4. The van der Waals surface area contributed by atoms with Crippen molar-refractivity contribution in [2.24, 2.45) is 0 Å². The minimum atomic E-state index is 1.13. The molecule has 0 aliphatic rings. The minimum absolute atomic E-state index is 1.13. The Morgan fingerprint density at radius 3 is 1.81 bits per heavy atom. The van der Waals surface area contributed by atoms with Crippen molar-refractivity contribution in [3.8, 4) is 22.3 Å². The quantitative estimate of drug-likeness (QED) is 0.161. The third-order valence-corrected chi connectivity index (χ3v) is 13.0. The van der Waals surface area contributed by atoms with Crippen LogP contribution in [0.5, 0.6) is 0 Å². The van der Waals surface area contributed by atoms with Crippen LogP contribution in [0, 0.1) is 0 Å². The Bertz CT molecular complexity index is 3190. The van der Waals surface area contributed by atoms with E-state index in [4.69, 9.17) is 0 Å². The van der Waals surface area contributed by atoms with E-state index in [0.717, 1.165) is 5.69 Å². The summed E-state index contributed by atoms with van der Waals surface area (Å²) in [7, 11) is 0. The molecule has 11 aromatic rings. The summed E-state index contributed by atoms with van der Waals surface area (Å²) in [4.78, 5) is 2.54. The second-order valence-corrected chi connectivity index (χ2v) is 15.8. The van der Waals surface area contributed by atoms with Gasteiger partial charge in [-0.25, -0.2) is 0 Å². The Balaban J connectivity index is 1.27. The van der Waals surface area contributed by atoms with E-state index < -0.39 is 0 Å². The van der Waals surface area contributed by atoms with Crippen LogP contribution in [0.2, 0.25) is 0 Å². The van der Waals surface area contributed by atoms with E-state index in [1.165, 1.54) is 95.5 Å². The normalized spacial score (nSPS) is 11.8. The maximum atomic E-state index is 2.54. The first-order valence-electron chi connectivity index (χ1n) is 18.0. The van der Waals surface area contributed by atoms with E-state index in [1.807, 2.05) is 22.7 Å². The predicted molar refractivity (Wildman–Crippen MR) is 233 cm³/mol. The number of hydrogen-bond acceptors (Lipinski definition) is 3. The number of hydrogen-bond donors (Lipinski definition) is 0. The van der Waals surface area contributed by atoms with E-state index in [2.05, 4.69) is 193 Å². The molecule has 0 atom stereocenters. The Hall–Kier alpha value is -6.26. The zero-order valence-electron chi connectivity index (χ0n) is 28.7. The average molecular weight is 710 g/mol. The number of benzene rings is 9. The molecular formula is C50H31NS2. The Labute approximate surface area is 315 Å². The van der Waals surface area contributed by atoms with Crippen LogP contribution < -0.4 is 4.90 Å². The monoisotopic (exact) mass is 709 g/mol. The van der Waals surface area contributed by atoms with Gasteiger partial charge in [-0.15, -0.1) is 22.7 Å². The van der Waals surface area contributed by atoms with Crippen LogP contribution in [0.4, 0.5) is 17.1 Å². The van der Waals surface area contributed by atoms with Gasteiger partial charge in [0.15, 0.2) is 0 Å². The Morgan fingerprint density at radius 1 is 0.340 bits per heavy atom. The summed E-state index contributed by atoms with van der Waals surface area (Å²) < 4.78 is 5.20.